The number of nitrogens with one attached hydrogen (secondary N) is 1. The van der Waals surface area contributed by atoms with E-state index in [1.54, 1.807) is 25.4 Å². The lowest BCUT2D eigenvalue weighted by atomic mass is 10.2. The minimum Gasteiger partial charge on any atom is -0.481 e. The first-order valence-electron chi connectivity index (χ1n) is 5.65. The van der Waals surface area contributed by atoms with Gasteiger partial charge in [-0.15, -0.1) is 0 Å². The number of anilines is 1. The van der Waals surface area contributed by atoms with E-state index in [1.165, 1.54) is 12.1 Å². The number of rotatable bonds is 4. The molecule has 0 fully saturated rings. The molecule has 0 saturated carbocycles. The fourth-order valence-corrected chi connectivity index (χ4v) is 1.63. The smallest absolute Gasteiger partial charge is 0.213 e. The molecule has 1 aromatic carbocycles. The Morgan fingerprint density at radius 3 is 2.95 bits per heavy atom. The van der Waals surface area contributed by atoms with E-state index in [9.17, 15) is 4.39 Å². The highest BCUT2D eigenvalue weighted by Gasteiger charge is 2.04. The van der Waals surface area contributed by atoms with Crippen LogP contribution in [0.25, 0.3) is 0 Å². The Balaban J connectivity index is 2.12. The van der Waals surface area contributed by atoms with Crippen LogP contribution in [0.3, 0.4) is 0 Å². The van der Waals surface area contributed by atoms with Crippen LogP contribution in [0.1, 0.15) is 11.1 Å². The molecular formula is C14H12FN3O. The quantitative estimate of drug-likeness (QED) is 0.914. The van der Waals surface area contributed by atoms with Crippen molar-refractivity contribution in [2.45, 2.75) is 6.54 Å². The van der Waals surface area contributed by atoms with Crippen LogP contribution in [0, 0.1) is 17.1 Å². The Morgan fingerprint density at radius 1 is 1.37 bits per heavy atom. The van der Waals surface area contributed by atoms with Crippen molar-refractivity contribution in [2.24, 2.45) is 0 Å². The van der Waals surface area contributed by atoms with Crippen molar-refractivity contribution in [2.75, 3.05) is 12.4 Å². The van der Waals surface area contributed by atoms with Gasteiger partial charge in [-0.25, -0.2) is 9.37 Å². The molecule has 19 heavy (non-hydrogen) atoms. The zero-order chi connectivity index (χ0) is 13.7. The number of benzene rings is 1. The topological polar surface area (TPSA) is 57.9 Å². The van der Waals surface area contributed by atoms with E-state index in [4.69, 9.17) is 10.00 Å². The summed E-state index contributed by atoms with van der Waals surface area (Å²) in [5.74, 6) is 0.103. The minimum absolute atomic E-state index is 0.279. The van der Waals surface area contributed by atoms with E-state index < -0.39 is 5.82 Å². The number of nitriles is 1. The number of ether oxygens (including phenoxy) is 1. The number of halogens is 1. The Bertz CT molecular complexity index is 622. The molecule has 5 heteroatoms. The van der Waals surface area contributed by atoms with Gasteiger partial charge in [-0.2, -0.15) is 5.26 Å². The Kier molecular flexibility index (Phi) is 3.94. The van der Waals surface area contributed by atoms with Crippen molar-refractivity contribution in [3.63, 3.8) is 0 Å². The minimum atomic E-state index is -0.423. The summed E-state index contributed by atoms with van der Waals surface area (Å²) in [6.07, 6.45) is 1.64. The van der Waals surface area contributed by atoms with Crippen LogP contribution in [0.15, 0.2) is 36.5 Å². The van der Waals surface area contributed by atoms with Crippen LogP contribution >= 0.6 is 0 Å². The Morgan fingerprint density at radius 2 is 2.21 bits per heavy atom. The summed E-state index contributed by atoms with van der Waals surface area (Å²) in [4.78, 5) is 4.01. The average Bonchev–Trinajstić information content (AvgIpc) is 2.46. The van der Waals surface area contributed by atoms with Crippen molar-refractivity contribution in [3.8, 4) is 11.9 Å². The van der Waals surface area contributed by atoms with Gasteiger partial charge in [0.05, 0.1) is 18.4 Å². The number of aromatic nitrogens is 1. The monoisotopic (exact) mass is 257 g/mol. The fraction of sp³-hybridized carbons (Fsp3) is 0.143. The third kappa shape index (κ3) is 3.19. The molecule has 1 aromatic heterocycles. The average molecular weight is 257 g/mol. The molecular weight excluding hydrogens is 245 g/mol. The van der Waals surface area contributed by atoms with Gasteiger partial charge in [-0.1, -0.05) is 0 Å². The second-order valence-corrected chi connectivity index (χ2v) is 3.86. The summed E-state index contributed by atoms with van der Waals surface area (Å²) < 4.78 is 18.0. The number of hydrogen-bond donors (Lipinski definition) is 1. The zero-order valence-corrected chi connectivity index (χ0v) is 10.4. The predicted molar refractivity (Wildman–Crippen MR) is 69.2 cm³/mol. The van der Waals surface area contributed by atoms with Crippen LogP contribution in [-0.2, 0) is 6.54 Å². The van der Waals surface area contributed by atoms with E-state index in [0.29, 0.717) is 18.1 Å². The molecule has 0 amide bonds. The maximum Gasteiger partial charge on any atom is 0.213 e. The molecule has 2 aromatic rings. The number of nitrogens with zero attached hydrogens (tertiary/aromatic N) is 2. The summed E-state index contributed by atoms with van der Waals surface area (Å²) in [7, 11) is 1.55. The standard InChI is InChI=1S/C14H12FN3O/c1-19-14-6-10(4-5-17-14)9-18-13-3-2-12(15)7-11(13)8-16/h2-7,18H,9H2,1H3. The van der Waals surface area contributed by atoms with Crippen molar-refractivity contribution in [1.82, 2.24) is 4.98 Å². The molecule has 0 saturated heterocycles. The van der Waals surface area contributed by atoms with E-state index >= 15 is 0 Å². The lowest BCUT2D eigenvalue weighted by Crippen LogP contribution is -2.02. The molecule has 2 rings (SSSR count). The van der Waals surface area contributed by atoms with E-state index in [2.05, 4.69) is 10.3 Å². The maximum atomic E-state index is 13.0. The predicted octanol–water partition coefficient (Wildman–Crippen LogP) is 2.71. The lowest BCUT2D eigenvalue weighted by molar-refractivity contribution is 0.397. The second kappa shape index (κ2) is 5.83. The summed E-state index contributed by atoms with van der Waals surface area (Å²) in [6.45, 7) is 0.499. The highest BCUT2D eigenvalue weighted by atomic mass is 19.1. The molecule has 0 atom stereocenters. The molecule has 1 N–H and O–H groups in total. The molecule has 96 valence electrons. The third-order valence-electron chi connectivity index (χ3n) is 2.59. The molecule has 0 unspecified atom stereocenters. The zero-order valence-electron chi connectivity index (χ0n) is 10.4. The number of pyridine rings is 1. The summed E-state index contributed by atoms with van der Waals surface area (Å²) >= 11 is 0. The van der Waals surface area contributed by atoms with Crippen LogP contribution < -0.4 is 10.1 Å². The van der Waals surface area contributed by atoms with Gasteiger partial charge in [0.2, 0.25) is 5.88 Å². The number of methoxy groups -OCH3 is 1. The fourth-order valence-electron chi connectivity index (χ4n) is 1.63. The van der Waals surface area contributed by atoms with Crippen LogP contribution in [-0.4, -0.2) is 12.1 Å². The molecule has 0 spiro atoms. The lowest BCUT2D eigenvalue weighted by Gasteiger charge is -2.09. The molecule has 0 aliphatic heterocycles. The van der Waals surface area contributed by atoms with Gasteiger partial charge >= 0.3 is 0 Å². The van der Waals surface area contributed by atoms with Gasteiger partial charge in [0.1, 0.15) is 11.9 Å². The first-order valence-corrected chi connectivity index (χ1v) is 5.65. The normalized spacial score (nSPS) is 9.74. The molecule has 0 bridgehead atoms. The Labute approximate surface area is 110 Å². The van der Waals surface area contributed by atoms with Crippen LogP contribution in [0.2, 0.25) is 0 Å². The van der Waals surface area contributed by atoms with E-state index in [0.717, 1.165) is 5.56 Å². The first kappa shape index (κ1) is 12.8. The van der Waals surface area contributed by atoms with Crippen LogP contribution in [0.5, 0.6) is 5.88 Å². The summed E-state index contributed by atoms with van der Waals surface area (Å²) in [6, 6.07) is 9.66. The highest BCUT2D eigenvalue weighted by Crippen LogP contribution is 2.17. The second-order valence-electron chi connectivity index (χ2n) is 3.86. The van der Waals surface area contributed by atoms with E-state index in [1.807, 2.05) is 12.1 Å². The molecule has 0 aliphatic carbocycles. The van der Waals surface area contributed by atoms with Crippen molar-refractivity contribution >= 4 is 5.69 Å². The van der Waals surface area contributed by atoms with Gasteiger partial charge in [-0.3, -0.25) is 0 Å². The van der Waals surface area contributed by atoms with Crippen LogP contribution in [0.4, 0.5) is 10.1 Å². The third-order valence-corrected chi connectivity index (χ3v) is 2.59. The van der Waals surface area contributed by atoms with Gasteiger partial charge in [0.25, 0.3) is 0 Å². The summed E-state index contributed by atoms with van der Waals surface area (Å²) in [5.41, 5.74) is 1.83. The highest BCUT2D eigenvalue weighted by molar-refractivity contribution is 5.57. The summed E-state index contributed by atoms with van der Waals surface area (Å²) in [5, 5.41) is 12.0. The van der Waals surface area contributed by atoms with Gasteiger partial charge in [0.15, 0.2) is 0 Å². The van der Waals surface area contributed by atoms with E-state index in [-0.39, 0.29) is 5.56 Å². The molecule has 0 aliphatic rings. The molecule has 1 heterocycles. The first-order chi connectivity index (χ1) is 9.22. The molecule has 0 radical (unpaired) electrons. The SMILES string of the molecule is COc1cc(CNc2ccc(F)cc2C#N)ccn1. The van der Waals surface area contributed by atoms with Gasteiger partial charge in [-0.05, 0) is 29.8 Å². The van der Waals surface area contributed by atoms with Crippen molar-refractivity contribution in [3.05, 3.63) is 53.5 Å². The number of hydrogen-bond acceptors (Lipinski definition) is 4. The van der Waals surface area contributed by atoms with Gasteiger partial charge in [0, 0.05) is 18.8 Å². The van der Waals surface area contributed by atoms with Crippen molar-refractivity contribution in [1.29, 1.82) is 5.26 Å². The van der Waals surface area contributed by atoms with Gasteiger partial charge < -0.3 is 10.1 Å². The molecule has 4 nitrogen and oxygen atoms in total. The maximum absolute atomic E-state index is 13.0. The largest absolute Gasteiger partial charge is 0.481 e. The Hall–Kier alpha value is -2.61. The van der Waals surface area contributed by atoms with Crippen molar-refractivity contribution < 1.29 is 9.13 Å².